The van der Waals surface area contributed by atoms with Gasteiger partial charge in [-0.3, -0.25) is 4.79 Å². The molecule has 2 N–H and O–H groups in total. The zero-order valence-corrected chi connectivity index (χ0v) is 18.6. The molecule has 1 aliphatic rings. The van der Waals surface area contributed by atoms with E-state index < -0.39 is 11.6 Å². The van der Waals surface area contributed by atoms with Crippen LogP contribution in [0.25, 0.3) is 0 Å². The molecule has 1 fully saturated rings. The van der Waals surface area contributed by atoms with Gasteiger partial charge in [-0.2, -0.15) is 0 Å². The van der Waals surface area contributed by atoms with Crippen LogP contribution in [0.5, 0.6) is 5.75 Å². The molecule has 6 heteroatoms. The topological polar surface area (TPSA) is 78.9 Å². The van der Waals surface area contributed by atoms with Crippen LogP contribution in [0.4, 0.5) is 5.69 Å². The first-order valence-corrected chi connectivity index (χ1v) is 10.9. The van der Waals surface area contributed by atoms with E-state index in [1.807, 2.05) is 25.1 Å². The molecule has 166 valence electrons. The molecule has 1 saturated heterocycles. The highest BCUT2D eigenvalue weighted by Gasteiger charge is 2.29. The largest absolute Gasteiger partial charge is 0.478 e. The number of para-hydroxylation sites is 1. The van der Waals surface area contributed by atoms with Crippen molar-refractivity contribution in [3.63, 3.8) is 0 Å². The van der Waals surface area contributed by atoms with E-state index in [0.29, 0.717) is 5.75 Å². The Balaban J connectivity index is 1.65. The van der Waals surface area contributed by atoms with Crippen LogP contribution < -0.4 is 15.0 Å². The Hall–Kier alpha value is -3.02. The lowest BCUT2D eigenvalue weighted by atomic mass is 10.0. The lowest BCUT2D eigenvalue weighted by Gasteiger charge is -2.32. The molecular weight excluding hydrogens is 392 g/mol. The summed E-state index contributed by atoms with van der Waals surface area (Å²) >= 11 is 0. The molecule has 1 amide bonds. The Morgan fingerprint density at radius 2 is 1.81 bits per heavy atom. The number of hydrogen-bond donors (Lipinski definition) is 2. The van der Waals surface area contributed by atoms with Gasteiger partial charge in [0.25, 0.3) is 0 Å². The smallest absolute Gasteiger partial charge is 0.347 e. The Kier molecular flexibility index (Phi) is 7.21. The van der Waals surface area contributed by atoms with E-state index in [-0.39, 0.29) is 18.4 Å². The van der Waals surface area contributed by atoms with Crippen molar-refractivity contribution >= 4 is 17.6 Å². The van der Waals surface area contributed by atoms with Crippen molar-refractivity contribution in [3.05, 3.63) is 59.7 Å². The van der Waals surface area contributed by atoms with Gasteiger partial charge in [0.15, 0.2) is 5.60 Å². The van der Waals surface area contributed by atoms with Crippen molar-refractivity contribution in [2.45, 2.75) is 58.1 Å². The van der Waals surface area contributed by atoms with Gasteiger partial charge in [-0.25, -0.2) is 4.79 Å². The van der Waals surface area contributed by atoms with Gasteiger partial charge in [-0.15, -0.1) is 0 Å². The number of piperidine rings is 1. The summed E-state index contributed by atoms with van der Waals surface area (Å²) in [5.74, 6) is -0.700. The van der Waals surface area contributed by atoms with E-state index in [2.05, 4.69) is 22.3 Å². The molecule has 31 heavy (non-hydrogen) atoms. The molecule has 2 aromatic carbocycles. The molecule has 0 saturated carbocycles. The average molecular weight is 425 g/mol. The fourth-order valence-corrected chi connectivity index (χ4v) is 3.89. The number of hydrogen-bond acceptors (Lipinski definition) is 4. The van der Waals surface area contributed by atoms with Gasteiger partial charge < -0.3 is 20.1 Å². The molecule has 2 aromatic rings. The standard InChI is InChI=1S/C25H32N2O4/c1-18(21-12-5-6-13-22(21)27-14-7-4-8-15-27)26-23(28)17-19-10-9-11-20(16-19)31-25(2,3)24(29)30/h5-6,9-13,16,18H,4,7-8,14-15,17H2,1-3H3,(H,26,28)(H,29,30). The summed E-state index contributed by atoms with van der Waals surface area (Å²) in [6.07, 6.45) is 3.87. The Bertz CT molecular complexity index is 919. The van der Waals surface area contributed by atoms with E-state index in [9.17, 15) is 14.7 Å². The monoisotopic (exact) mass is 424 g/mol. The fourth-order valence-electron chi connectivity index (χ4n) is 3.89. The van der Waals surface area contributed by atoms with Gasteiger partial charge in [0.05, 0.1) is 12.5 Å². The minimum atomic E-state index is -1.34. The summed E-state index contributed by atoms with van der Waals surface area (Å²) in [6, 6.07) is 15.2. The summed E-state index contributed by atoms with van der Waals surface area (Å²) in [5.41, 5.74) is 1.75. The normalized spacial score (nSPS) is 15.3. The molecule has 6 nitrogen and oxygen atoms in total. The number of carboxylic acids is 1. The summed E-state index contributed by atoms with van der Waals surface area (Å²) in [6.45, 7) is 7.11. The molecule has 0 spiro atoms. The molecule has 1 aliphatic heterocycles. The molecule has 0 radical (unpaired) electrons. The molecule has 1 unspecified atom stereocenters. The van der Waals surface area contributed by atoms with Crippen molar-refractivity contribution in [1.29, 1.82) is 0 Å². The molecule has 3 rings (SSSR count). The van der Waals surface area contributed by atoms with Gasteiger partial charge in [0, 0.05) is 18.8 Å². The van der Waals surface area contributed by atoms with Crippen molar-refractivity contribution in [3.8, 4) is 5.75 Å². The van der Waals surface area contributed by atoms with Gasteiger partial charge in [-0.1, -0.05) is 30.3 Å². The number of aliphatic carboxylic acids is 1. The molecule has 0 aliphatic carbocycles. The minimum absolute atomic E-state index is 0.0874. The third kappa shape index (κ3) is 6.00. The van der Waals surface area contributed by atoms with Crippen LogP contribution >= 0.6 is 0 Å². The Morgan fingerprint density at radius 3 is 2.52 bits per heavy atom. The van der Waals surface area contributed by atoms with Crippen LogP contribution in [0.3, 0.4) is 0 Å². The Morgan fingerprint density at radius 1 is 1.10 bits per heavy atom. The fraction of sp³-hybridized carbons (Fsp3) is 0.440. The van der Waals surface area contributed by atoms with Crippen LogP contribution in [0.15, 0.2) is 48.5 Å². The Labute approximate surface area is 184 Å². The minimum Gasteiger partial charge on any atom is -0.478 e. The van der Waals surface area contributed by atoms with E-state index >= 15 is 0 Å². The summed E-state index contributed by atoms with van der Waals surface area (Å²) in [7, 11) is 0. The maximum absolute atomic E-state index is 12.7. The van der Waals surface area contributed by atoms with Crippen molar-refractivity contribution in [2.24, 2.45) is 0 Å². The third-order valence-electron chi connectivity index (χ3n) is 5.63. The van der Waals surface area contributed by atoms with E-state index in [0.717, 1.165) is 24.2 Å². The highest BCUT2D eigenvalue weighted by Crippen LogP contribution is 2.29. The number of ether oxygens (including phenoxy) is 1. The second-order valence-electron chi connectivity index (χ2n) is 8.64. The van der Waals surface area contributed by atoms with Gasteiger partial charge in [0.1, 0.15) is 5.75 Å². The van der Waals surface area contributed by atoms with Crippen LogP contribution in [-0.4, -0.2) is 35.7 Å². The van der Waals surface area contributed by atoms with Crippen molar-refractivity contribution in [1.82, 2.24) is 5.32 Å². The number of benzene rings is 2. The number of rotatable bonds is 8. The maximum atomic E-state index is 12.7. The lowest BCUT2D eigenvalue weighted by Crippen LogP contribution is -2.37. The van der Waals surface area contributed by atoms with Crippen molar-refractivity contribution in [2.75, 3.05) is 18.0 Å². The van der Waals surface area contributed by atoms with Crippen molar-refractivity contribution < 1.29 is 19.4 Å². The first-order valence-electron chi connectivity index (χ1n) is 10.9. The highest BCUT2D eigenvalue weighted by molar-refractivity contribution is 5.79. The third-order valence-corrected chi connectivity index (χ3v) is 5.63. The number of nitrogens with zero attached hydrogens (tertiary/aromatic N) is 1. The number of anilines is 1. The summed E-state index contributed by atoms with van der Waals surface area (Å²) < 4.78 is 5.58. The van der Waals surface area contributed by atoms with Crippen LogP contribution in [0.2, 0.25) is 0 Å². The summed E-state index contributed by atoms with van der Waals surface area (Å²) in [5, 5.41) is 12.4. The zero-order valence-electron chi connectivity index (χ0n) is 18.6. The molecule has 1 heterocycles. The average Bonchev–Trinajstić information content (AvgIpc) is 2.74. The van der Waals surface area contributed by atoms with E-state index in [1.54, 1.807) is 18.2 Å². The number of carbonyl (C=O) groups is 2. The number of carbonyl (C=O) groups excluding carboxylic acids is 1. The predicted octanol–water partition coefficient (Wildman–Crippen LogP) is 4.34. The second-order valence-corrected chi connectivity index (χ2v) is 8.64. The molecule has 0 bridgehead atoms. The number of nitrogens with one attached hydrogen (secondary N) is 1. The second kappa shape index (κ2) is 9.86. The molecule has 0 aromatic heterocycles. The molecular formula is C25H32N2O4. The van der Waals surface area contributed by atoms with E-state index in [4.69, 9.17) is 4.74 Å². The van der Waals surface area contributed by atoms with Crippen LogP contribution in [-0.2, 0) is 16.0 Å². The molecule has 1 atom stereocenters. The highest BCUT2D eigenvalue weighted by atomic mass is 16.5. The quantitative estimate of drug-likeness (QED) is 0.659. The van der Waals surface area contributed by atoms with Gasteiger partial charge in [-0.05, 0) is 69.4 Å². The first kappa shape index (κ1) is 22.7. The number of carboxylic acid groups (broad SMARTS) is 1. The number of amides is 1. The SMILES string of the molecule is CC(NC(=O)Cc1cccc(OC(C)(C)C(=O)O)c1)c1ccccc1N1CCCCC1. The van der Waals surface area contributed by atoms with Crippen LogP contribution in [0, 0.1) is 0 Å². The lowest BCUT2D eigenvalue weighted by molar-refractivity contribution is -0.152. The van der Waals surface area contributed by atoms with Crippen LogP contribution in [0.1, 0.15) is 57.2 Å². The van der Waals surface area contributed by atoms with Gasteiger partial charge >= 0.3 is 5.97 Å². The zero-order chi connectivity index (χ0) is 22.4. The van der Waals surface area contributed by atoms with E-state index in [1.165, 1.54) is 38.8 Å². The predicted molar refractivity (Wildman–Crippen MR) is 122 cm³/mol. The first-order chi connectivity index (χ1) is 14.8. The summed E-state index contributed by atoms with van der Waals surface area (Å²) in [4.78, 5) is 26.4. The van der Waals surface area contributed by atoms with Gasteiger partial charge in [0.2, 0.25) is 5.91 Å². The maximum Gasteiger partial charge on any atom is 0.347 e.